The summed E-state index contributed by atoms with van der Waals surface area (Å²) in [5, 5.41) is 41.4. The molecule has 0 aliphatic heterocycles. The van der Waals surface area contributed by atoms with Crippen LogP contribution in [0.25, 0.3) is 0 Å². The van der Waals surface area contributed by atoms with Gasteiger partial charge in [-0.2, -0.15) is 5.01 Å². The number of urea groups is 1. The van der Waals surface area contributed by atoms with Crippen molar-refractivity contribution in [3.63, 3.8) is 0 Å². The third kappa shape index (κ3) is 4.87. The van der Waals surface area contributed by atoms with Crippen molar-refractivity contribution < 1.29 is 30.0 Å². The third-order valence-corrected chi connectivity index (χ3v) is 2.37. The fraction of sp³-hybridized carbons (Fsp3) is 0.778. The van der Waals surface area contributed by atoms with E-state index >= 15 is 0 Å². The molecule has 0 aliphatic rings. The van der Waals surface area contributed by atoms with Gasteiger partial charge in [0.05, 0.1) is 11.9 Å². The van der Waals surface area contributed by atoms with E-state index in [4.69, 9.17) is 10.2 Å². The Bertz CT molecular complexity index is 314. The van der Waals surface area contributed by atoms with Gasteiger partial charge in [0, 0.05) is 6.54 Å². The number of aliphatic hydroxyl groups excluding tert-OH is 4. The smallest absolute Gasteiger partial charge is 0.341 e. The van der Waals surface area contributed by atoms with E-state index in [9.17, 15) is 24.7 Å². The molecule has 0 heterocycles. The van der Waals surface area contributed by atoms with Crippen LogP contribution in [-0.4, -0.2) is 75.3 Å². The number of nitroso groups, excluding NO2 is 1. The molecule has 0 bridgehead atoms. The Morgan fingerprint density at radius 1 is 1.37 bits per heavy atom. The molecular formula is C9H17N3O7. The second-order valence-corrected chi connectivity index (χ2v) is 3.64. The molecular weight excluding hydrogens is 262 g/mol. The second-order valence-electron chi connectivity index (χ2n) is 3.64. The van der Waals surface area contributed by atoms with Crippen LogP contribution < -0.4 is 5.32 Å². The van der Waals surface area contributed by atoms with Crippen LogP contribution in [0.3, 0.4) is 0 Å². The van der Waals surface area contributed by atoms with Gasteiger partial charge in [0.2, 0.25) is 0 Å². The molecule has 0 rings (SSSR count). The largest absolute Gasteiger partial charge is 0.394 e. The number of carbonyl (C=O) groups excluding carboxylic acids is 2. The van der Waals surface area contributed by atoms with Crippen molar-refractivity contribution >= 4 is 12.3 Å². The van der Waals surface area contributed by atoms with Crippen molar-refractivity contribution in [1.29, 1.82) is 0 Å². The highest BCUT2D eigenvalue weighted by Gasteiger charge is 2.32. The molecule has 0 saturated carbocycles. The molecule has 4 atom stereocenters. The maximum absolute atomic E-state index is 11.4. The number of rotatable bonds is 8. The van der Waals surface area contributed by atoms with Crippen LogP contribution in [0.4, 0.5) is 4.79 Å². The van der Waals surface area contributed by atoms with Gasteiger partial charge in [-0.3, -0.25) is 0 Å². The maximum atomic E-state index is 11.4. The number of aldehydes is 1. The summed E-state index contributed by atoms with van der Waals surface area (Å²) in [5.41, 5.74) is 0. The monoisotopic (exact) mass is 279 g/mol. The second kappa shape index (κ2) is 8.48. The van der Waals surface area contributed by atoms with Crippen LogP contribution in [0.15, 0.2) is 5.29 Å². The van der Waals surface area contributed by atoms with Crippen LogP contribution in [0.2, 0.25) is 0 Å². The first-order chi connectivity index (χ1) is 8.92. The molecule has 0 spiro atoms. The Hall–Kier alpha value is -1.62. The van der Waals surface area contributed by atoms with Crippen molar-refractivity contribution in [1.82, 2.24) is 10.3 Å². The van der Waals surface area contributed by atoms with Gasteiger partial charge in [-0.1, -0.05) is 0 Å². The van der Waals surface area contributed by atoms with Gasteiger partial charge >= 0.3 is 6.03 Å². The van der Waals surface area contributed by atoms with Crippen LogP contribution in [0, 0.1) is 4.91 Å². The topological polar surface area (TPSA) is 160 Å². The summed E-state index contributed by atoms with van der Waals surface area (Å²) in [4.78, 5) is 32.4. The Morgan fingerprint density at radius 2 is 1.95 bits per heavy atom. The van der Waals surface area contributed by atoms with E-state index in [2.05, 4.69) is 5.29 Å². The van der Waals surface area contributed by atoms with E-state index in [1.807, 2.05) is 5.32 Å². The number of hydrogen-bond donors (Lipinski definition) is 5. The zero-order valence-electron chi connectivity index (χ0n) is 10.2. The van der Waals surface area contributed by atoms with Gasteiger partial charge in [0.15, 0.2) is 0 Å². The zero-order chi connectivity index (χ0) is 15.0. The quantitative estimate of drug-likeness (QED) is 0.184. The minimum Gasteiger partial charge on any atom is -0.394 e. The Labute approximate surface area is 108 Å². The van der Waals surface area contributed by atoms with Gasteiger partial charge in [-0.05, 0) is 6.92 Å². The highest BCUT2D eigenvalue weighted by Crippen LogP contribution is 2.04. The molecule has 0 aromatic rings. The highest BCUT2D eigenvalue weighted by molar-refractivity contribution is 5.78. The van der Waals surface area contributed by atoms with E-state index in [0.29, 0.717) is 5.01 Å². The number of hydrogen-bond acceptors (Lipinski definition) is 8. The summed E-state index contributed by atoms with van der Waals surface area (Å²) in [6.07, 6.45) is -5.26. The molecule has 4 unspecified atom stereocenters. The summed E-state index contributed by atoms with van der Waals surface area (Å²) in [6, 6.07) is -2.61. The first-order valence-electron chi connectivity index (χ1n) is 5.44. The van der Waals surface area contributed by atoms with Crippen LogP contribution in [0.1, 0.15) is 6.92 Å². The average Bonchev–Trinajstić information content (AvgIpc) is 2.43. The summed E-state index contributed by atoms with van der Waals surface area (Å²) < 4.78 is 0. The lowest BCUT2D eigenvalue weighted by Gasteiger charge is -2.26. The molecule has 0 radical (unpaired) electrons. The number of aliphatic hydroxyl groups is 4. The van der Waals surface area contributed by atoms with Gasteiger partial charge in [-0.15, -0.1) is 4.91 Å². The lowest BCUT2D eigenvalue weighted by Crippen LogP contribution is -2.55. The predicted molar refractivity (Wildman–Crippen MR) is 61.7 cm³/mol. The molecule has 0 aromatic carbocycles. The zero-order valence-corrected chi connectivity index (χ0v) is 10.2. The first-order valence-corrected chi connectivity index (χ1v) is 5.44. The minimum atomic E-state index is -1.85. The predicted octanol–water partition coefficient (Wildman–Crippen LogP) is -2.66. The fourth-order valence-electron chi connectivity index (χ4n) is 1.20. The lowest BCUT2D eigenvalue weighted by molar-refractivity contribution is -0.119. The summed E-state index contributed by atoms with van der Waals surface area (Å²) >= 11 is 0. The van der Waals surface area contributed by atoms with Crippen LogP contribution in [-0.2, 0) is 4.79 Å². The first kappa shape index (κ1) is 17.4. The van der Waals surface area contributed by atoms with Crippen molar-refractivity contribution in [3.8, 4) is 0 Å². The van der Waals surface area contributed by atoms with Crippen LogP contribution >= 0.6 is 0 Å². The summed E-state index contributed by atoms with van der Waals surface area (Å²) in [5.74, 6) is 0. The molecule has 2 amide bonds. The highest BCUT2D eigenvalue weighted by atomic mass is 16.4. The molecule has 0 fully saturated rings. The maximum Gasteiger partial charge on any atom is 0.341 e. The molecule has 0 aliphatic carbocycles. The fourth-order valence-corrected chi connectivity index (χ4v) is 1.20. The van der Waals surface area contributed by atoms with Gasteiger partial charge < -0.3 is 30.5 Å². The molecule has 0 aromatic heterocycles. The number of nitrogens with one attached hydrogen (secondary N) is 1. The Balaban J connectivity index is 4.70. The molecule has 10 heteroatoms. The summed E-state index contributed by atoms with van der Waals surface area (Å²) in [6.45, 7) is 0.561. The third-order valence-electron chi connectivity index (χ3n) is 2.37. The normalized spacial score (nSPS) is 16.9. The Kier molecular flexibility index (Phi) is 7.75. The number of nitrogens with zero attached hydrogens (tertiary/aromatic N) is 2. The average molecular weight is 279 g/mol. The van der Waals surface area contributed by atoms with Crippen molar-refractivity contribution in [2.75, 3.05) is 13.2 Å². The molecule has 5 N–H and O–H groups in total. The van der Waals surface area contributed by atoms with Crippen molar-refractivity contribution in [2.45, 2.75) is 31.3 Å². The molecule has 0 saturated heterocycles. The van der Waals surface area contributed by atoms with Crippen molar-refractivity contribution in [3.05, 3.63) is 4.91 Å². The number of carbonyl (C=O) groups is 2. The Morgan fingerprint density at radius 3 is 2.32 bits per heavy atom. The van der Waals surface area contributed by atoms with E-state index < -0.39 is 37.0 Å². The van der Waals surface area contributed by atoms with Gasteiger partial charge in [0.1, 0.15) is 30.6 Å². The van der Waals surface area contributed by atoms with Crippen molar-refractivity contribution in [2.24, 2.45) is 5.29 Å². The summed E-state index contributed by atoms with van der Waals surface area (Å²) in [7, 11) is 0. The molecule has 110 valence electrons. The standard InChI is InChI=1S/C9H17N3O7/c1-2-12(11-19)9(18)10-5(3-13)7(16)8(17)6(15)4-14/h3,5-8,14-17H,2,4H2,1H3,(H,10,18). The molecule has 19 heavy (non-hydrogen) atoms. The molecule has 10 nitrogen and oxygen atoms in total. The van der Waals surface area contributed by atoms with Gasteiger partial charge in [-0.25, -0.2) is 4.79 Å². The van der Waals surface area contributed by atoms with E-state index in [-0.39, 0.29) is 12.8 Å². The minimum absolute atomic E-state index is 0.0567. The lowest BCUT2D eigenvalue weighted by atomic mass is 10.0. The SMILES string of the molecule is CCN(N=O)C(=O)NC(C=O)C(O)C(O)C(O)CO. The van der Waals surface area contributed by atoms with E-state index in [0.717, 1.165) is 0 Å². The van der Waals surface area contributed by atoms with E-state index in [1.54, 1.807) is 0 Å². The van der Waals surface area contributed by atoms with E-state index in [1.165, 1.54) is 6.92 Å². The van der Waals surface area contributed by atoms with Crippen LogP contribution in [0.5, 0.6) is 0 Å². The number of amides is 2. The van der Waals surface area contributed by atoms with Gasteiger partial charge in [0.25, 0.3) is 0 Å².